The molecule has 0 atom stereocenters. The number of hydrogen-bond acceptors (Lipinski definition) is 4. The molecule has 6 nitrogen and oxygen atoms in total. The Morgan fingerprint density at radius 1 is 1.15 bits per heavy atom. The summed E-state index contributed by atoms with van der Waals surface area (Å²) >= 11 is 6.06. The van der Waals surface area contributed by atoms with Gasteiger partial charge in [-0.3, -0.25) is 14.6 Å². The summed E-state index contributed by atoms with van der Waals surface area (Å²) in [6.07, 6.45) is 2.99. The van der Waals surface area contributed by atoms with Gasteiger partial charge in [0.2, 0.25) is 5.43 Å². The van der Waals surface area contributed by atoms with Crippen LogP contribution in [0.25, 0.3) is 21.8 Å². The molecule has 134 valence electrons. The van der Waals surface area contributed by atoms with Crippen LogP contribution in [0.4, 0.5) is 5.69 Å². The van der Waals surface area contributed by atoms with Gasteiger partial charge in [0.25, 0.3) is 5.91 Å². The predicted molar refractivity (Wildman–Crippen MR) is 106 cm³/mol. The second-order valence-electron chi connectivity index (χ2n) is 5.92. The molecule has 0 radical (unpaired) electrons. The van der Waals surface area contributed by atoms with E-state index in [0.717, 1.165) is 0 Å². The number of nitrogens with zero attached hydrogens (tertiary/aromatic N) is 1. The molecule has 1 amide bonds. The molecular formula is C20H14ClN3O3. The van der Waals surface area contributed by atoms with Gasteiger partial charge in [0.05, 0.1) is 18.3 Å². The monoisotopic (exact) mass is 379 g/mol. The SMILES string of the molecule is COc1ccc2[nH]cc(C(=O)Nc3ccnc4ccc(Cl)cc34)c(=O)c2c1. The molecule has 4 aromatic rings. The van der Waals surface area contributed by atoms with Crippen LogP contribution in [0.1, 0.15) is 10.4 Å². The Morgan fingerprint density at radius 2 is 2.00 bits per heavy atom. The molecule has 0 bridgehead atoms. The first-order valence-electron chi connectivity index (χ1n) is 8.12. The van der Waals surface area contributed by atoms with Gasteiger partial charge in [-0.15, -0.1) is 0 Å². The highest BCUT2D eigenvalue weighted by molar-refractivity contribution is 6.31. The van der Waals surface area contributed by atoms with Crippen LogP contribution in [0.2, 0.25) is 5.02 Å². The average molecular weight is 380 g/mol. The molecule has 0 saturated heterocycles. The summed E-state index contributed by atoms with van der Waals surface area (Å²) in [5.41, 5.74) is 1.46. The van der Waals surface area contributed by atoms with E-state index in [9.17, 15) is 9.59 Å². The largest absolute Gasteiger partial charge is 0.497 e. The van der Waals surface area contributed by atoms with E-state index in [4.69, 9.17) is 16.3 Å². The maximum Gasteiger partial charge on any atom is 0.261 e. The van der Waals surface area contributed by atoms with Crippen LogP contribution in [0.3, 0.4) is 0 Å². The zero-order valence-electron chi connectivity index (χ0n) is 14.2. The quantitative estimate of drug-likeness (QED) is 0.563. The number of benzene rings is 2. The minimum absolute atomic E-state index is 0.00254. The Hall–Kier alpha value is -3.38. The van der Waals surface area contributed by atoms with Gasteiger partial charge in [0.1, 0.15) is 11.3 Å². The first kappa shape index (κ1) is 17.1. The molecule has 2 heterocycles. The molecule has 2 aromatic carbocycles. The summed E-state index contributed by atoms with van der Waals surface area (Å²) in [4.78, 5) is 32.7. The molecule has 0 aliphatic heterocycles. The van der Waals surface area contributed by atoms with Gasteiger partial charge in [0.15, 0.2) is 0 Å². The molecule has 2 N–H and O–H groups in total. The number of amides is 1. The first-order chi connectivity index (χ1) is 13.1. The number of aromatic amines is 1. The lowest BCUT2D eigenvalue weighted by Gasteiger charge is -2.09. The number of hydrogen-bond donors (Lipinski definition) is 2. The van der Waals surface area contributed by atoms with Crippen molar-refractivity contribution >= 4 is 45.0 Å². The Labute approximate surface area is 158 Å². The molecule has 0 fully saturated rings. The number of aromatic nitrogens is 2. The molecule has 0 aliphatic rings. The standard InChI is InChI=1S/C20H14ClN3O3/c1-27-12-3-5-17-14(9-12)19(25)15(10-23-17)20(26)24-18-6-7-22-16-4-2-11(21)8-13(16)18/h2-10H,1H3,(H,23,25)(H,22,24,26). The molecule has 0 spiro atoms. The third-order valence-electron chi connectivity index (χ3n) is 4.28. The normalized spacial score (nSPS) is 10.9. The van der Waals surface area contributed by atoms with E-state index in [-0.39, 0.29) is 11.0 Å². The lowest BCUT2D eigenvalue weighted by atomic mass is 10.1. The number of nitrogens with one attached hydrogen (secondary N) is 2. The minimum Gasteiger partial charge on any atom is -0.497 e. The van der Waals surface area contributed by atoms with Gasteiger partial charge in [0, 0.05) is 33.7 Å². The van der Waals surface area contributed by atoms with Crippen LogP contribution >= 0.6 is 11.6 Å². The summed E-state index contributed by atoms with van der Waals surface area (Å²) < 4.78 is 5.16. The number of pyridine rings is 2. The number of rotatable bonds is 3. The summed E-state index contributed by atoms with van der Waals surface area (Å²) in [5.74, 6) is 0.0220. The van der Waals surface area contributed by atoms with Crippen LogP contribution < -0.4 is 15.5 Å². The summed E-state index contributed by atoms with van der Waals surface area (Å²) in [6, 6.07) is 11.9. The maximum absolute atomic E-state index is 12.8. The molecule has 2 aromatic heterocycles. The van der Waals surface area contributed by atoms with Crippen LogP contribution in [0, 0.1) is 0 Å². The van der Waals surface area contributed by atoms with Crippen LogP contribution in [-0.2, 0) is 0 Å². The molecule has 4 rings (SSSR count). The fourth-order valence-corrected chi connectivity index (χ4v) is 3.08. The zero-order valence-corrected chi connectivity index (χ0v) is 15.0. The second kappa shape index (κ2) is 6.74. The van der Waals surface area contributed by atoms with Crippen molar-refractivity contribution in [1.82, 2.24) is 9.97 Å². The highest BCUT2D eigenvalue weighted by atomic mass is 35.5. The number of methoxy groups -OCH3 is 1. The number of ether oxygens (including phenoxy) is 1. The van der Waals surface area contributed by atoms with Gasteiger partial charge in [-0.2, -0.15) is 0 Å². The van der Waals surface area contributed by atoms with E-state index in [2.05, 4.69) is 15.3 Å². The van der Waals surface area contributed by atoms with E-state index in [0.29, 0.717) is 38.3 Å². The highest BCUT2D eigenvalue weighted by Crippen LogP contribution is 2.25. The van der Waals surface area contributed by atoms with Crippen molar-refractivity contribution in [1.29, 1.82) is 0 Å². The number of halogens is 1. The summed E-state index contributed by atoms with van der Waals surface area (Å²) in [7, 11) is 1.52. The van der Waals surface area contributed by atoms with E-state index < -0.39 is 5.91 Å². The van der Waals surface area contributed by atoms with E-state index in [1.807, 2.05) is 0 Å². The zero-order chi connectivity index (χ0) is 19.0. The molecule has 7 heteroatoms. The lowest BCUT2D eigenvalue weighted by Crippen LogP contribution is -2.22. The minimum atomic E-state index is -0.520. The number of carbonyl (C=O) groups excluding carboxylic acids is 1. The number of fused-ring (bicyclic) bond motifs is 2. The van der Waals surface area contributed by atoms with E-state index in [1.54, 1.807) is 48.7 Å². The first-order valence-corrected chi connectivity index (χ1v) is 8.49. The summed E-state index contributed by atoms with van der Waals surface area (Å²) in [6.45, 7) is 0. The van der Waals surface area contributed by atoms with Crippen molar-refractivity contribution in [3.63, 3.8) is 0 Å². The fraction of sp³-hybridized carbons (Fsp3) is 0.0500. The number of anilines is 1. The van der Waals surface area contributed by atoms with E-state index >= 15 is 0 Å². The number of H-pyrrole nitrogens is 1. The third kappa shape index (κ3) is 3.11. The number of carbonyl (C=O) groups is 1. The van der Waals surface area contributed by atoms with Crippen molar-refractivity contribution < 1.29 is 9.53 Å². The van der Waals surface area contributed by atoms with Crippen molar-refractivity contribution in [2.24, 2.45) is 0 Å². The van der Waals surface area contributed by atoms with Crippen LogP contribution in [-0.4, -0.2) is 23.0 Å². The summed E-state index contributed by atoms with van der Waals surface area (Å²) in [5, 5.41) is 4.37. The topological polar surface area (TPSA) is 84.1 Å². The third-order valence-corrected chi connectivity index (χ3v) is 4.52. The van der Waals surface area contributed by atoms with Gasteiger partial charge >= 0.3 is 0 Å². The van der Waals surface area contributed by atoms with Gasteiger partial charge < -0.3 is 15.0 Å². The Bertz CT molecular complexity index is 1250. The molecule has 0 aliphatic carbocycles. The van der Waals surface area contributed by atoms with Crippen molar-refractivity contribution in [3.8, 4) is 5.75 Å². The van der Waals surface area contributed by atoms with Gasteiger partial charge in [-0.1, -0.05) is 11.6 Å². The van der Waals surface area contributed by atoms with Crippen LogP contribution in [0.15, 0.2) is 59.7 Å². The molecule has 27 heavy (non-hydrogen) atoms. The van der Waals surface area contributed by atoms with Crippen molar-refractivity contribution in [2.45, 2.75) is 0 Å². The lowest BCUT2D eigenvalue weighted by molar-refractivity contribution is 0.102. The van der Waals surface area contributed by atoms with E-state index in [1.165, 1.54) is 13.3 Å². The maximum atomic E-state index is 12.8. The highest BCUT2D eigenvalue weighted by Gasteiger charge is 2.15. The Kier molecular flexibility index (Phi) is 4.25. The van der Waals surface area contributed by atoms with Gasteiger partial charge in [-0.25, -0.2) is 0 Å². The van der Waals surface area contributed by atoms with Crippen LogP contribution in [0.5, 0.6) is 5.75 Å². The smallest absolute Gasteiger partial charge is 0.261 e. The van der Waals surface area contributed by atoms with Gasteiger partial charge in [-0.05, 0) is 42.5 Å². The fourth-order valence-electron chi connectivity index (χ4n) is 2.91. The predicted octanol–water partition coefficient (Wildman–Crippen LogP) is 3.99. The molecule has 0 unspecified atom stereocenters. The molecule has 0 saturated carbocycles. The van der Waals surface area contributed by atoms with Crippen molar-refractivity contribution in [2.75, 3.05) is 12.4 Å². The van der Waals surface area contributed by atoms with Crippen molar-refractivity contribution in [3.05, 3.63) is 75.7 Å². The Morgan fingerprint density at radius 3 is 2.81 bits per heavy atom. The average Bonchev–Trinajstić information content (AvgIpc) is 2.68. The molecular weight excluding hydrogens is 366 g/mol. The Balaban J connectivity index is 1.77. The second-order valence-corrected chi connectivity index (χ2v) is 6.35.